The first-order valence-corrected chi connectivity index (χ1v) is 8.35. The average Bonchev–Trinajstić information content (AvgIpc) is 2.77. The standard InChI is InChI=1S/C15H26N2OS/c1-3-4-7-17(8-9-18)11-15-16-13-6-5-12(2)10-14(13)19-15/h12,18H,3-11H2,1-2H3. The molecule has 1 aliphatic carbocycles. The second-order valence-electron chi connectivity index (χ2n) is 5.68. The van der Waals surface area contributed by atoms with E-state index in [0.717, 1.165) is 32.0 Å². The van der Waals surface area contributed by atoms with Crippen LogP contribution < -0.4 is 0 Å². The number of rotatable bonds is 7. The summed E-state index contributed by atoms with van der Waals surface area (Å²) >= 11 is 1.89. The van der Waals surface area contributed by atoms with Crippen LogP contribution in [0.15, 0.2) is 0 Å². The van der Waals surface area contributed by atoms with E-state index in [9.17, 15) is 0 Å². The molecule has 0 radical (unpaired) electrons. The van der Waals surface area contributed by atoms with Crippen molar-refractivity contribution in [2.24, 2.45) is 5.92 Å². The van der Waals surface area contributed by atoms with Gasteiger partial charge < -0.3 is 5.11 Å². The van der Waals surface area contributed by atoms with E-state index in [1.165, 1.54) is 41.3 Å². The number of aliphatic hydroxyl groups is 1. The Bertz CT molecular complexity index is 391. The van der Waals surface area contributed by atoms with Crippen molar-refractivity contribution in [3.8, 4) is 0 Å². The van der Waals surface area contributed by atoms with Crippen LogP contribution in [0, 0.1) is 5.92 Å². The molecular formula is C15H26N2OS. The molecule has 3 nitrogen and oxygen atoms in total. The van der Waals surface area contributed by atoms with E-state index in [4.69, 9.17) is 10.1 Å². The molecule has 0 saturated heterocycles. The molecule has 0 aliphatic heterocycles. The zero-order valence-corrected chi connectivity index (χ0v) is 13.0. The summed E-state index contributed by atoms with van der Waals surface area (Å²) in [6.07, 6.45) is 6.05. The Balaban J connectivity index is 1.97. The van der Waals surface area contributed by atoms with E-state index in [0.29, 0.717) is 0 Å². The number of fused-ring (bicyclic) bond motifs is 1. The van der Waals surface area contributed by atoms with E-state index in [1.54, 1.807) is 0 Å². The largest absolute Gasteiger partial charge is 0.395 e. The molecule has 1 heterocycles. The predicted molar refractivity (Wildman–Crippen MR) is 80.6 cm³/mol. The van der Waals surface area contributed by atoms with Crippen LogP contribution in [-0.4, -0.2) is 34.7 Å². The highest BCUT2D eigenvalue weighted by molar-refractivity contribution is 7.11. The van der Waals surface area contributed by atoms with Crippen LogP contribution in [0.1, 0.15) is 48.7 Å². The van der Waals surface area contributed by atoms with Crippen LogP contribution in [0.2, 0.25) is 0 Å². The maximum Gasteiger partial charge on any atom is 0.107 e. The highest BCUT2D eigenvalue weighted by atomic mass is 32.1. The van der Waals surface area contributed by atoms with Crippen molar-refractivity contribution in [1.29, 1.82) is 0 Å². The Kier molecular flexibility index (Phi) is 5.79. The molecule has 0 saturated carbocycles. The van der Waals surface area contributed by atoms with E-state index in [-0.39, 0.29) is 6.61 Å². The summed E-state index contributed by atoms with van der Waals surface area (Å²) in [6, 6.07) is 0. The molecule has 1 N–H and O–H groups in total. The van der Waals surface area contributed by atoms with Gasteiger partial charge in [0.25, 0.3) is 0 Å². The SMILES string of the molecule is CCCCN(CCO)Cc1nc2c(s1)CC(C)CC2. The van der Waals surface area contributed by atoms with Gasteiger partial charge >= 0.3 is 0 Å². The van der Waals surface area contributed by atoms with Gasteiger partial charge in [-0.05, 0) is 38.1 Å². The zero-order chi connectivity index (χ0) is 13.7. The lowest BCUT2D eigenvalue weighted by Gasteiger charge is -2.19. The van der Waals surface area contributed by atoms with Crippen LogP contribution in [0.25, 0.3) is 0 Å². The molecule has 1 aromatic heterocycles. The maximum absolute atomic E-state index is 9.15. The minimum atomic E-state index is 0.242. The van der Waals surface area contributed by atoms with Gasteiger partial charge in [-0.1, -0.05) is 20.3 Å². The molecule has 0 fully saturated rings. The average molecular weight is 282 g/mol. The van der Waals surface area contributed by atoms with Gasteiger partial charge in [0.1, 0.15) is 5.01 Å². The molecule has 0 aromatic carbocycles. The third-order valence-corrected chi connectivity index (χ3v) is 4.94. The minimum Gasteiger partial charge on any atom is -0.395 e. The van der Waals surface area contributed by atoms with Crippen molar-refractivity contribution in [1.82, 2.24) is 9.88 Å². The molecule has 19 heavy (non-hydrogen) atoms. The third kappa shape index (κ3) is 4.26. The van der Waals surface area contributed by atoms with Crippen LogP contribution >= 0.6 is 11.3 Å². The fourth-order valence-corrected chi connectivity index (χ4v) is 3.97. The second-order valence-corrected chi connectivity index (χ2v) is 6.85. The van der Waals surface area contributed by atoms with Gasteiger partial charge in [-0.15, -0.1) is 11.3 Å². The Morgan fingerprint density at radius 2 is 2.26 bits per heavy atom. The highest BCUT2D eigenvalue weighted by Gasteiger charge is 2.20. The summed E-state index contributed by atoms with van der Waals surface area (Å²) in [4.78, 5) is 8.65. The molecule has 1 unspecified atom stereocenters. The Labute approximate surface area is 120 Å². The highest BCUT2D eigenvalue weighted by Crippen LogP contribution is 2.30. The first-order valence-electron chi connectivity index (χ1n) is 7.53. The molecule has 0 bridgehead atoms. The lowest BCUT2D eigenvalue weighted by Crippen LogP contribution is -2.27. The molecule has 4 heteroatoms. The van der Waals surface area contributed by atoms with Crippen molar-refractivity contribution in [2.75, 3.05) is 19.7 Å². The first kappa shape index (κ1) is 14.9. The molecule has 108 valence electrons. The van der Waals surface area contributed by atoms with Crippen molar-refractivity contribution >= 4 is 11.3 Å². The Morgan fingerprint density at radius 1 is 1.42 bits per heavy atom. The summed E-state index contributed by atoms with van der Waals surface area (Å²) in [5.41, 5.74) is 1.34. The van der Waals surface area contributed by atoms with E-state index >= 15 is 0 Å². The van der Waals surface area contributed by atoms with Gasteiger partial charge in [0.2, 0.25) is 0 Å². The van der Waals surface area contributed by atoms with Gasteiger partial charge in [-0.3, -0.25) is 4.90 Å². The number of aromatic nitrogens is 1. The lowest BCUT2D eigenvalue weighted by molar-refractivity contribution is 0.188. The maximum atomic E-state index is 9.15. The van der Waals surface area contributed by atoms with E-state index < -0.39 is 0 Å². The van der Waals surface area contributed by atoms with Gasteiger partial charge in [0.15, 0.2) is 0 Å². The fourth-order valence-electron chi connectivity index (χ4n) is 2.65. The smallest absolute Gasteiger partial charge is 0.107 e. The quantitative estimate of drug-likeness (QED) is 0.835. The van der Waals surface area contributed by atoms with Gasteiger partial charge in [0, 0.05) is 11.4 Å². The van der Waals surface area contributed by atoms with Gasteiger partial charge in [-0.25, -0.2) is 4.98 Å². The van der Waals surface area contributed by atoms with Gasteiger partial charge in [0.05, 0.1) is 18.8 Å². The summed E-state index contributed by atoms with van der Waals surface area (Å²) in [5, 5.41) is 10.4. The van der Waals surface area contributed by atoms with Crippen LogP contribution in [0.4, 0.5) is 0 Å². The first-order chi connectivity index (χ1) is 9.22. The fraction of sp³-hybridized carbons (Fsp3) is 0.800. The van der Waals surface area contributed by atoms with Crippen LogP contribution in [0.5, 0.6) is 0 Å². The summed E-state index contributed by atoms with van der Waals surface area (Å²) in [7, 11) is 0. The van der Waals surface area contributed by atoms with Gasteiger partial charge in [-0.2, -0.15) is 0 Å². The monoisotopic (exact) mass is 282 g/mol. The molecule has 1 aliphatic rings. The number of nitrogens with zero attached hydrogens (tertiary/aromatic N) is 2. The van der Waals surface area contributed by atoms with Crippen LogP contribution in [0.3, 0.4) is 0 Å². The number of hydrogen-bond donors (Lipinski definition) is 1. The summed E-state index contributed by atoms with van der Waals surface area (Å²) < 4.78 is 0. The van der Waals surface area contributed by atoms with E-state index in [2.05, 4.69) is 18.7 Å². The number of aryl methyl sites for hydroxylation is 1. The Hall–Kier alpha value is -0.450. The minimum absolute atomic E-state index is 0.242. The normalized spacial score (nSPS) is 18.8. The number of thiazole rings is 1. The Morgan fingerprint density at radius 3 is 3.00 bits per heavy atom. The zero-order valence-electron chi connectivity index (χ0n) is 12.2. The molecule has 1 atom stereocenters. The topological polar surface area (TPSA) is 36.4 Å². The number of aliphatic hydroxyl groups excluding tert-OH is 1. The lowest BCUT2D eigenvalue weighted by atomic mass is 9.93. The molecule has 2 rings (SSSR count). The van der Waals surface area contributed by atoms with E-state index in [1.807, 2.05) is 11.3 Å². The second kappa shape index (κ2) is 7.36. The summed E-state index contributed by atoms with van der Waals surface area (Å²) in [6.45, 7) is 7.53. The molecular weight excluding hydrogens is 256 g/mol. The summed E-state index contributed by atoms with van der Waals surface area (Å²) in [5.74, 6) is 0.814. The predicted octanol–water partition coefficient (Wildman–Crippen LogP) is 2.86. The van der Waals surface area contributed by atoms with Crippen molar-refractivity contribution in [2.45, 2.75) is 52.5 Å². The van der Waals surface area contributed by atoms with Crippen molar-refractivity contribution < 1.29 is 5.11 Å². The molecule has 0 amide bonds. The molecule has 1 aromatic rings. The molecule has 0 spiro atoms. The third-order valence-electron chi connectivity index (χ3n) is 3.83. The van der Waals surface area contributed by atoms with Crippen molar-refractivity contribution in [3.63, 3.8) is 0 Å². The number of unbranched alkanes of at least 4 members (excludes halogenated alkanes) is 1. The van der Waals surface area contributed by atoms with Crippen LogP contribution in [-0.2, 0) is 19.4 Å². The van der Waals surface area contributed by atoms with Crippen molar-refractivity contribution in [3.05, 3.63) is 15.6 Å². The number of hydrogen-bond acceptors (Lipinski definition) is 4.